The molecule has 0 atom stereocenters. The van der Waals surface area contributed by atoms with E-state index in [4.69, 9.17) is 9.84 Å². The van der Waals surface area contributed by atoms with Gasteiger partial charge < -0.3 is 9.84 Å². The van der Waals surface area contributed by atoms with Crippen LogP contribution in [0.5, 0.6) is 5.75 Å². The number of rotatable bonds is 6. The molecule has 0 fully saturated rings. The molecule has 24 heavy (non-hydrogen) atoms. The molecule has 128 valence electrons. The fraction of sp³-hybridized carbons (Fsp3) is 0.250. The minimum atomic E-state index is -3.87. The van der Waals surface area contributed by atoms with Crippen LogP contribution >= 0.6 is 0 Å². The van der Waals surface area contributed by atoms with E-state index in [9.17, 15) is 13.2 Å². The van der Waals surface area contributed by atoms with Crippen LogP contribution in [0.4, 0.5) is 0 Å². The minimum absolute atomic E-state index is 0.0118. The maximum atomic E-state index is 12.5. The summed E-state index contributed by atoms with van der Waals surface area (Å²) in [6.45, 7) is 3.30. The number of ether oxygens (including phenoxy) is 1. The number of aromatic nitrogens is 1. The van der Waals surface area contributed by atoms with Gasteiger partial charge in [-0.3, -0.25) is 4.98 Å². The average Bonchev–Trinajstić information content (AvgIpc) is 2.55. The SMILES string of the molecule is COc1ccc(CNS(=O)(=O)c2cc(C(=O)O)cc(C)c2C)nc1. The zero-order valence-electron chi connectivity index (χ0n) is 13.5. The fourth-order valence-electron chi connectivity index (χ4n) is 2.11. The Morgan fingerprint density at radius 3 is 2.54 bits per heavy atom. The predicted molar refractivity (Wildman–Crippen MR) is 87.7 cm³/mol. The summed E-state index contributed by atoms with van der Waals surface area (Å²) in [5.41, 5.74) is 1.55. The molecule has 0 saturated heterocycles. The Hall–Kier alpha value is -2.45. The largest absolute Gasteiger partial charge is 0.495 e. The lowest BCUT2D eigenvalue weighted by Crippen LogP contribution is -2.25. The first-order chi connectivity index (χ1) is 11.2. The van der Waals surface area contributed by atoms with Crippen LogP contribution in [-0.2, 0) is 16.6 Å². The van der Waals surface area contributed by atoms with Crippen LogP contribution in [0.2, 0.25) is 0 Å². The minimum Gasteiger partial charge on any atom is -0.495 e. The van der Waals surface area contributed by atoms with E-state index in [-0.39, 0.29) is 17.0 Å². The molecule has 0 aliphatic heterocycles. The first-order valence-corrected chi connectivity index (χ1v) is 8.56. The number of carbonyl (C=O) groups is 1. The third-order valence-electron chi connectivity index (χ3n) is 3.63. The van der Waals surface area contributed by atoms with Crippen molar-refractivity contribution in [2.75, 3.05) is 7.11 Å². The summed E-state index contributed by atoms with van der Waals surface area (Å²) in [5.74, 6) is -0.603. The number of aromatic carboxylic acids is 1. The standard InChI is InChI=1S/C16H18N2O5S/c1-10-6-12(16(19)20)7-15(11(10)2)24(21,22)18-8-13-4-5-14(23-3)9-17-13/h4-7,9,18H,8H2,1-3H3,(H,19,20). The first-order valence-electron chi connectivity index (χ1n) is 7.07. The van der Waals surface area contributed by atoms with Crippen LogP contribution in [-0.4, -0.2) is 31.6 Å². The molecule has 2 rings (SSSR count). The second-order valence-electron chi connectivity index (χ2n) is 5.24. The maximum Gasteiger partial charge on any atom is 0.335 e. The molecule has 0 spiro atoms. The average molecular weight is 350 g/mol. The lowest BCUT2D eigenvalue weighted by atomic mass is 10.1. The van der Waals surface area contributed by atoms with E-state index in [1.165, 1.54) is 19.4 Å². The van der Waals surface area contributed by atoms with Gasteiger partial charge >= 0.3 is 5.97 Å². The number of benzene rings is 1. The Morgan fingerprint density at radius 2 is 2.00 bits per heavy atom. The highest BCUT2D eigenvalue weighted by Gasteiger charge is 2.20. The number of methoxy groups -OCH3 is 1. The number of carboxylic acids is 1. The van der Waals surface area contributed by atoms with Gasteiger partial charge in [-0.2, -0.15) is 0 Å². The van der Waals surface area contributed by atoms with Gasteiger partial charge in [0.2, 0.25) is 10.0 Å². The molecule has 0 unspecified atom stereocenters. The molecule has 2 N–H and O–H groups in total. The number of hydrogen-bond acceptors (Lipinski definition) is 5. The first kappa shape index (κ1) is 17.9. The molecular formula is C16H18N2O5S. The van der Waals surface area contributed by atoms with Crippen LogP contribution in [0.3, 0.4) is 0 Å². The van der Waals surface area contributed by atoms with Crippen molar-refractivity contribution in [3.05, 3.63) is 52.8 Å². The van der Waals surface area contributed by atoms with E-state index in [2.05, 4.69) is 9.71 Å². The predicted octanol–water partition coefficient (Wildman–Crippen LogP) is 1.88. The van der Waals surface area contributed by atoms with Crippen LogP contribution in [0.15, 0.2) is 35.4 Å². The van der Waals surface area contributed by atoms with Crippen molar-refractivity contribution < 1.29 is 23.1 Å². The second kappa shape index (κ2) is 6.98. The molecule has 0 amide bonds. The van der Waals surface area contributed by atoms with Crippen molar-refractivity contribution in [3.8, 4) is 5.75 Å². The lowest BCUT2D eigenvalue weighted by molar-refractivity contribution is 0.0696. The Kier molecular flexibility index (Phi) is 5.20. The number of carboxylic acid groups (broad SMARTS) is 1. The number of hydrogen-bond donors (Lipinski definition) is 2. The molecule has 0 radical (unpaired) electrons. The van der Waals surface area contributed by atoms with Gasteiger partial charge in [0.15, 0.2) is 0 Å². The molecule has 0 aliphatic rings. The Balaban J connectivity index is 2.28. The van der Waals surface area contributed by atoms with E-state index < -0.39 is 16.0 Å². The van der Waals surface area contributed by atoms with Gasteiger partial charge in [0.05, 0.1) is 36.0 Å². The molecule has 0 bridgehead atoms. The normalized spacial score (nSPS) is 11.3. The molecule has 8 heteroatoms. The summed E-state index contributed by atoms with van der Waals surface area (Å²) in [4.78, 5) is 15.2. The van der Waals surface area contributed by atoms with E-state index in [0.29, 0.717) is 22.6 Å². The molecule has 7 nitrogen and oxygen atoms in total. The fourth-order valence-corrected chi connectivity index (χ4v) is 3.45. The van der Waals surface area contributed by atoms with Gasteiger partial charge in [0.1, 0.15) is 5.75 Å². The van der Waals surface area contributed by atoms with Crippen molar-refractivity contribution in [1.82, 2.24) is 9.71 Å². The van der Waals surface area contributed by atoms with Crippen LogP contribution in [0.25, 0.3) is 0 Å². The summed E-state index contributed by atoms with van der Waals surface area (Å²) < 4.78 is 32.5. The highest BCUT2D eigenvalue weighted by atomic mass is 32.2. The van der Waals surface area contributed by atoms with Crippen molar-refractivity contribution in [3.63, 3.8) is 0 Å². The third kappa shape index (κ3) is 3.90. The zero-order valence-corrected chi connectivity index (χ0v) is 14.3. The zero-order chi connectivity index (χ0) is 17.9. The van der Waals surface area contributed by atoms with Crippen molar-refractivity contribution >= 4 is 16.0 Å². The Bertz CT molecular complexity index is 861. The summed E-state index contributed by atoms with van der Waals surface area (Å²) in [5, 5.41) is 9.11. The molecule has 1 aromatic heterocycles. The van der Waals surface area contributed by atoms with E-state index >= 15 is 0 Å². The van der Waals surface area contributed by atoms with Gasteiger partial charge in [-0.1, -0.05) is 0 Å². The number of nitrogens with zero attached hydrogens (tertiary/aromatic N) is 1. The highest BCUT2D eigenvalue weighted by Crippen LogP contribution is 2.21. The maximum absolute atomic E-state index is 12.5. The molecule has 0 saturated carbocycles. The van der Waals surface area contributed by atoms with Crippen LogP contribution in [0, 0.1) is 13.8 Å². The van der Waals surface area contributed by atoms with Crippen molar-refractivity contribution in [2.45, 2.75) is 25.3 Å². The Morgan fingerprint density at radius 1 is 1.29 bits per heavy atom. The number of pyridine rings is 1. The highest BCUT2D eigenvalue weighted by molar-refractivity contribution is 7.89. The van der Waals surface area contributed by atoms with Gasteiger partial charge in [-0.25, -0.2) is 17.9 Å². The third-order valence-corrected chi connectivity index (χ3v) is 5.16. The van der Waals surface area contributed by atoms with E-state index in [1.807, 2.05) is 0 Å². The molecule has 1 heterocycles. The number of sulfonamides is 1. The van der Waals surface area contributed by atoms with Crippen molar-refractivity contribution in [1.29, 1.82) is 0 Å². The quantitative estimate of drug-likeness (QED) is 0.824. The summed E-state index contributed by atoms with van der Waals surface area (Å²) in [6, 6.07) is 5.93. The topological polar surface area (TPSA) is 106 Å². The smallest absolute Gasteiger partial charge is 0.335 e. The van der Waals surface area contributed by atoms with Gasteiger partial charge in [0.25, 0.3) is 0 Å². The van der Waals surface area contributed by atoms with E-state index in [1.54, 1.807) is 26.0 Å². The second-order valence-corrected chi connectivity index (χ2v) is 6.97. The molecule has 2 aromatic rings. The van der Waals surface area contributed by atoms with Crippen molar-refractivity contribution in [2.24, 2.45) is 0 Å². The molecule has 0 aliphatic carbocycles. The number of aryl methyl sites for hydroxylation is 1. The van der Waals surface area contributed by atoms with Gasteiger partial charge in [-0.15, -0.1) is 0 Å². The lowest BCUT2D eigenvalue weighted by Gasteiger charge is -2.12. The van der Waals surface area contributed by atoms with Gasteiger partial charge in [-0.05, 0) is 49.2 Å². The van der Waals surface area contributed by atoms with Gasteiger partial charge in [0, 0.05) is 0 Å². The van der Waals surface area contributed by atoms with Crippen LogP contribution in [0.1, 0.15) is 27.2 Å². The van der Waals surface area contributed by atoms with Crippen LogP contribution < -0.4 is 9.46 Å². The summed E-state index contributed by atoms with van der Waals surface area (Å²) in [7, 11) is -2.35. The number of nitrogens with one attached hydrogen (secondary N) is 1. The molecule has 1 aromatic carbocycles. The van der Waals surface area contributed by atoms with E-state index in [0.717, 1.165) is 6.07 Å². The summed E-state index contributed by atoms with van der Waals surface area (Å²) >= 11 is 0. The monoisotopic (exact) mass is 350 g/mol. The summed E-state index contributed by atoms with van der Waals surface area (Å²) in [6.07, 6.45) is 1.49. The molecular weight excluding hydrogens is 332 g/mol. The Labute approximate surface area is 140 Å².